The Morgan fingerprint density at radius 1 is 1.17 bits per heavy atom. The Bertz CT molecular complexity index is 1080. The third kappa shape index (κ3) is 3.71. The maximum absolute atomic E-state index is 13.5. The zero-order valence-corrected chi connectivity index (χ0v) is 17.2. The summed E-state index contributed by atoms with van der Waals surface area (Å²) >= 11 is 11.8. The zero-order valence-electron chi connectivity index (χ0n) is 15.7. The van der Waals surface area contributed by atoms with Gasteiger partial charge in [0, 0.05) is 27.7 Å². The average molecular weight is 447 g/mol. The van der Waals surface area contributed by atoms with Crippen LogP contribution in [0.2, 0.25) is 10.0 Å². The normalized spacial score (nSPS) is 23.4. The molecule has 0 aromatic heterocycles. The second-order valence-corrected chi connectivity index (χ2v) is 8.64. The summed E-state index contributed by atoms with van der Waals surface area (Å²) in [7, 11) is 0. The SMILES string of the molecule is C#CC(=O)Nc1ccc(Cl)cc1C12CC(NC(=O)COc3ccc(Cl)c(F)c3)(C1)C2. The van der Waals surface area contributed by atoms with Gasteiger partial charge in [-0.2, -0.15) is 0 Å². The number of terminal acetylenes is 1. The lowest BCUT2D eigenvalue weighted by molar-refractivity contribution is -0.139. The number of nitrogens with one attached hydrogen (secondary N) is 2. The minimum atomic E-state index is -0.606. The first-order chi connectivity index (χ1) is 14.2. The molecule has 0 unspecified atom stereocenters. The lowest BCUT2D eigenvalue weighted by Gasteiger charge is -2.71. The fourth-order valence-corrected chi connectivity index (χ4v) is 4.77. The Hall–Kier alpha value is -2.75. The first-order valence-corrected chi connectivity index (χ1v) is 9.96. The molecule has 3 aliphatic carbocycles. The lowest BCUT2D eigenvalue weighted by atomic mass is 9.37. The van der Waals surface area contributed by atoms with E-state index in [9.17, 15) is 14.0 Å². The Labute approximate surface area is 182 Å². The summed E-state index contributed by atoms with van der Waals surface area (Å²) in [4.78, 5) is 23.9. The summed E-state index contributed by atoms with van der Waals surface area (Å²) in [5, 5.41) is 6.26. The summed E-state index contributed by atoms with van der Waals surface area (Å²) in [6.07, 6.45) is 7.32. The summed E-state index contributed by atoms with van der Waals surface area (Å²) in [5.41, 5.74) is 1.09. The summed E-state index contributed by atoms with van der Waals surface area (Å²) < 4.78 is 18.8. The van der Waals surface area contributed by atoms with E-state index in [1.807, 2.05) is 12.0 Å². The van der Waals surface area contributed by atoms with Gasteiger partial charge in [-0.15, -0.1) is 6.42 Å². The number of halogens is 3. The van der Waals surface area contributed by atoms with Crippen molar-refractivity contribution in [2.45, 2.75) is 30.2 Å². The van der Waals surface area contributed by atoms with Crippen molar-refractivity contribution in [2.75, 3.05) is 11.9 Å². The lowest BCUT2D eigenvalue weighted by Crippen LogP contribution is -2.77. The van der Waals surface area contributed by atoms with E-state index in [1.165, 1.54) is 12.1 Å². The Morgan fingerprint density at radius 3 is 2.57 bits per heavy atom. The van der Waals surface area contributed by atoms with Gasteiger partial charge < -0.3 is 15.4 Å². The van der Waals surface area contributed by atoms with Crippen LogP contribution in [0.15, 0.2) is 36.4 Å². The molecule has 2 bridgehead atoms. The maximum atomic E-state index is 13.5. The number of hydrogen-bond donors (Lipinski definition) is 2. The third-order valence-electron chi connectivity index (χ3n) is 5.63. The highest BCUT2D eigenvalue weighted by Crippen LogP contribution is 2.68. The van der Waals surface area contributed by atoms with Gasteiger partial charge in [-0.05, 0) is 61.1 Å². The van der Waals surface area contributed by atoms with Crippen LogP contribution >= 0.6 is 23.2 Å². The first kappa shape index (κ1) is 20.5. The molecule has 0 heterocycles. The molecule has 0 atom stereocenters. The third-order valence-corrected chi connectivity index (χ3v) is 6.17. The molecular formula is C22H17Cl2FN2O3. The van der Waals surface area contributed by atoms with Crippen LogP contribution in [0.1, 0.15) is 24.8 Å². The van der Waals surface area contributed by atoms with Crippen LogP contribution in [0.3, 0.4) is 0 Å². The van der Waals surface area contributed by atoms with E-state index < -0.39 is 11.7 Å². The highest BCUT2D eigenvalue weighted by molar-refractivity contribution is 6.31. The molecule has 0 radical (unpaired) electrons. The fraction of sp³-hybridized carbons (Fsp3) is 0.273. The molecule has 2 aromatic carbocycles. The molecule has 3 fully saturated rings. The van der Waals surface area contributed by atoms with Crippen molar-refractivity contribution in [3.05, 3.63) is 57.8 Å². The summed E-state index contributed by atoms with van der Waals surface area (Å²) in [5.74, 6) is 0.852. The molecule has 0 aliphatic heterocycles. The van der Waals surface area contributed by atoms with E-state index in [2.05, 4.69) is 10.6 Å². The molecule has 3 aliphatic rings. The Kier molecular flexibility index (Phi) is 5.13. The first-order valence-electron chi connectivity index (χ1n) is 9.21. The van der Waals surface area contributed by atoms with Gasteiger partial charge >= 0.3 is 0 Å². The standard InChI is InChI=1S/C22H17Cl2FN2O3/c1-2-19(28)26-18-6-3-13(23)7-15(18)21-10-22(11-21,12-21)27-20(29)9-30-14-4-5-16(24)17(25)8-14/h1,3-8H,9-12H2,(H,26,28)(H,27,29). The number of carbonyl (C=O) groups is 2. The van der Waals surface area contributed by atoms with Crippen LogP contribution in [0.25, 0.3) is 0 Å². The van der Waals surface area contributed by atoms with E-state index in [4.69, 9.17) is 34.4 Å². The van der Waals surface area contributed by atoms with Gasteiger partial charge in [0.1, 0.15) is 11.6 Å². The largest absolute Gasteiger partial charge is 0.484 e. The topological polar surface area (TPSA) is 67.4 Å². The monoisotopic (exact) mass is 446 g/mol. The van der Waals surface area contributed by atoms with Gasteiger partial charge in [0.05, 0.1) is 5.02 Å². The average Bonchev–Trinajstić information content (AvgIpc) is 2.65. The number of hydrogen-bond acceptors (Lipinski definition) is 3. The zero-order chi connectivity index (χ0) is 21.5. The van der Waals surface area contributed by atoms with Crippen LogP contribution in [-0.4, -0.2) is 24.0 Å². The second kappa shape index (κ2) is 7.50. The van der Waals surface area contributed by atoms with Crippen molar-refractivity contribution >= 4 is 40.7 Å². The van der Waals surface area contributed by atoms with Crippen LogP contribution in [0.5, 0.6) is 5.75 Å². The number of ether oxygens (including phenoxy) is 1. The number of rotatable bonds is 6. The van der Waals surface area contributed by atoms with Gasteiger partial charge in [-0.25, -0.2) is 4.39 Å². The van der Waals surface area contributed by atoms with Gasteiger partial charge in [0.25, 0.3) is 11.8 Å². The smallest absolute Gasteiger partial charge is 0.300 e. The van der Waals surface area contributed by atoms with E-state index in [0.29, 0.717) is 10.7 Å². The molecule has 0 saturated heterocycles. The van der Waals surface area contributed by atoms with E-state index >= 15 is 0 Å². The second-order valence-electron chi connectivity index (χ2n) is 7.79. The highest BCUT2D eigenvalue weighted by atomic mass is 35.5. The Morgan fingerprint density at radius 2 is 1.90 bits per heavy atom. The number of amides is 2. The number of benzene rings is 2. The highest BCUT2D eigenvalue weighted by Gasteiger charge is 2.69. The summed E-state index contributed by atoms with van der Waals surface area (Å²) in [6, 6.07) is 9.26. The predicted molar refractivity (Wildman–Crippen MR) is 112 cm³/mol. The minimum Gasteiger partial charge on any atom is -0.484 e. The number of anilines is 1. The predicted octanol–water partition coefficient (Wildman–Crippen LogP) is 4.07. The molecular weight excluding hydrogens is 430 g/mol. The van der Waals surface area contributed by atoms with Gasteiger partial charge in [0.15, 0.2) is 6.61 Å². The van der Waals surface area contributed by atoms with Gasteiger partial charge in [-0.1, -0.05) is 23.2 Å². The summed E-state index contributed by atoms with van der Waals surface area (Å²) in [6.45, 7) is -0.226. The Balaban J connectivity index is 1.36. The van der Waals surface area contributed by atoms with Crippen LogP contribution in [-0.2, 0) is 15.0 Å². The molecule has 2 amide bonds. The van der Waals surface area contributed by atoms with Crippen molar-refractivity contribution in [1.82, 2.24) is 5.32 Å². The molecule has 3 saturated carbocycles. The maximum Gasteiger partial charge on any atom is 0.300 e. The quantitative estimate of drug-likeness (QED) is 0.657. The molecule has 5 rings (SSSR count). The molecule has 30 heavy (non-hydrogen) atoms. The molecule has 8 heteroatoms. The molecule has 0 spiro atoms. The van der Waals surface area contributed by atoms with Crippen molar-refractivity contribution in [1.29, 1.82) is 0 Å². The van der Waals surface area contributed by atoms with Crippen LogP contribution in [0, 0.1) is 18.2 Å². The van der Waals surface area contributed by atoms with E-state index in [-0.39, 0.29) is 34.2 Å². The van der Waals surface area contributed by atoms with Crippen molar-refractivity contribution in [2.24, 2.45) is 0 Å². The van der Waals surface area contributed by atoms with Crippen LogP contribution < -0.4 is 15.4 Å². The molecule has 2 aromatic rings. The molecule has 5 nitrogen and oxygen atoms in total. The molecule has 154 valence electrons. The fourth-order valence-electron chi connectivity index (χ4n) is 4.48. The van der Waals surface area contributed by atoms with Gasteiger partial charge in [-0.3, -0.25) is 9.59 Å². The van der Waals surface area contributed by atoms with Gasteiger partial charge in [0.2, 0.25) is 0 Å². The van der Waals surface area contributed by atoms with Crippen LogP contribution in [0.4, 0.5) is 10.1 Å². The van der Waals surface area contributed by atoms with E-state index in [0.717, 1.165) is 30.9 Å². The van der Waals surface area contributed by atoms with Crippen molar-refractivity contribution in [3.63, 3.8) is 0 Å². The van der Waals surface area contributed by atoms with Crippen molar-refractivity contribution in [3.8, 4) is 18.1 Å². The van der Waals surface area contributed by atoms with E-state index in [1.54, 1.807) is 12.1 Å². The minimum absolute atomic E-state index is 0.00946. The number of carbonyl (C=O) groups excluding carboxylic acids is 2. The van der Waals surface area contributed by atoms with Crippen molar-refractivity contribution < 1.29 is 18.7 Å². The molecule has 2 N–H and O–H groups in total.